The lowest BCUT2D eigenvalue weighted by atomic mass is 10.2. The van der Waals surface area contributed by atoms with E-state index in [1.807, 2.05) is 35.0 Å². The van der Waals surface area contributed by atoms with E-state index in [1.54, 1.807) is 36.4 Å². The molecular weight excluding hydrogens is 392 g/mol. The van der Waals surface area contributed by atoms with Crippen LogP contribution in [0.5, 0.6) is 5.75 Å². The smallest absolute Gasteiger partial charge is 0.257 e. The number of thioether (sulfide) groups is 1. The number of hydrogen-bond donors (Lipinski definition) is 0. The van der Waals surface area contributed by atoms with E-state index in [4.69, 9.17) is 9.15 Å². The molecule has 0 unspecified atom stereocenters. The second-order valence-electron chi connectivity index (χ2n) is 6.14. The summed E-state index contributed by atoms with van der Waals surface area (Å²) in [6, 6.07) is 9.98. The third-order valence-electron chi connectivity index (χ3n) is 4.30. The van der Waals surface area contributed by atoms with Crippen LogP contribution < -0.4 is 4.74 Å². The summed E-state index contributed by atoms with van der Waals surface area (Å²) in [6.07, 6.45) is 4.73. The molecular formula is C20H20N4O2S2. The number of rotatable bonds is 7. The van der Waals surface area contributed by atoms with E-state index in [0.29, 0.717) is 17.5 Å². The summed E-state index contributed by atoms with van der Waals surface area (Å²) in [4.78, 5) is 6.83. The molecule has 0 saturated carbocycles. The van der Waals surface area contributed by atoms with Crippen LogP contribution in [0.15, 0.2) is 52.3 Å². The molecule has 0 radical (unpaired) electrons. The van der Waals surface area contributed by atoms with Crippen LogP contribution >= 0.6 is 23.1 Å². The van der Waals surface area contributed by atoms with Crippen molar-refractivity contribution in [3.05, 3.63) is 59.1 Å². The number of ether oxygens (including phenoxy) is 1. The molecule has 3 heterocycles. The quantitative estimate of drug-likeness (QED) is 0.391. The van der Waals surface area contributed by atoms with Gasteiger partial charge in [-0.05, 0) is 49.2 Å². The molecule has 4 rings (SSSR count). The van der Waals surface area contributed by atoms with Crippen molar-refractivity contribution in [1.29, 1.82) is 0 Å². The maximum atomic E-state index is 5.87. The lowest BCUT2D eigenvalue weighted by Crippen LogP contribution is -1.95. The highest BCUT2D eigenvalue weighted by Gasteiger charge is 2.14. The first kappa shape index (κ1) is 18.8. The summed E-state index contributed by atoms with van der Waals surface area (Å²) >= 11 is 3.28. The SMILES string of the molecule is CCc1sc(-c2nnc(CSc3nccn3-c3ccc(OC)cc3)o2)cc1C. The van der Waals surface area contributed by atoms with E-state index in [2.05, 4.69) is 35.1 Å². The van der Waals surface area contributed by atoms with Gasteiger partial charge >= 0.3 is 0 Å². The number of hydrogen-bond acceptors (Lipinski definition) is 7. The van der Waals surface area contributed by atoms with Gasteiger partial charge in [-0.1, -0.05) is 18.7 Å². The molecule has 4 aromatic rings. The van der Waals surface area contributed by atoms with Crippen LogP contribution in [0, 0.1) is 6.92 Å². The van der Waals surface area contributed by atoms with Crippen LogP contribution in [0.1, 0.15) is 23.3 Å². The molecule has 0 atom stereocenters. The summed E-state index contributed by atoms with van der Waals surface area (Å²) in [7, 11) is 1.66. The van der Waals surface area contributed by atoms with Crippen molar-refractivity contribution in [1.82, 2.24) is 19.7 Å². The highest BCUT2D eigenvalue weighted by molar-refractivity contribution is 7.98. The molecule has 0 aliphatic rings. The van der Waals surface area contributed by atoms with Gasteiger partial charge < -0.3 is 9.15 Å². The maximum absolute atomic E-state index is 5.87. The summed E-state index contributed by atoms with van der Waals surface area (Å²) in [5.74, 6) is 2.56. The Labute approximate surface area is 171 Å². The van der Waals surface area contributed by atoms with Gasteiger partial charge in [-0.25, -0.2) is 4.98 Å². The van der Waals surface area contributed by atoms with Gasteiger partial charge in [-0.2, -0.15) is 0 Å². The molecule has 0 bridgehead atoms. The molecule has 0 fully saturated rings. The largest absolute Gasteiger partial charge is 0.497 e. The first-order valence-electron chi connectivity index (χ1n) is 8.90. The first-order chi connectivity index (χ1) is 13.7. The molecule has 8 heteroatoms. The van der Waals surface area contributed by atoms with Crippen LogP contribution in [0.25, 0.3) is 16.5 Å². The molecule has 0 aliphatic heterocycles. The zero-order chi connectivity index (χ0) is 19.5. The molecule has 3 aromatic heterocycles. The Kier molecular flexibility index (Phi) is 5.50. The number of benzene rings is 1. The zero-order valence-corrected chi connectivity index (χ0v) is 17.5. The van der Waals surface area contributed by atoms with Gasteiger partial charge in [0.1, 0.15) is 5.75 Å². The van der Waals surface area contributed by atoms with Gasteiger partial charge in [-0.15, -0.1) is 21.5 Å². The standard InChI is InChI=1S/C20H20N4O2S2/c1-4-16-13(2)11-17(28-16)19-23-22-18(26-19)12-27-20-21-9-10-24(20)14-5-7-15(25-3)8-6-14/h5-11H,4,12H2,1-3H3. The third kappa shape index (κ3) is 3.83. The normalized spacial score (nSPS) is 11.1. The molecule has 28 heavy (non-hydrogen) atoms. The Morgan fingerprint density at radius 1 is 1.21 bits per heavy atom. The maximum Gasteiger partial charge on any atom is 0.257 e. The fourth-order valence-corrected chi connectivity index (χ4v) is 4.70. The third-order valence-corrected chi connectivity index (χ3v) is 6.62. The highest BCUT2D eigenvalue weighted by Crippen LogP contribution is 2.32. The van der Waals surface area contributed by atoms with Gasteiger partial charge in [0.15, 0.2) is 5.16 Å². The zero-order valence-electron chi connectivity index (χ0n) is 15.9. The van der Waals surface area contributed by atoms with Gasteiger partial charge in [0, 0.05) is 23.0 Å². The van der Waals surface area contributed by atoms with Gasteiger partial charge in [0.2, 0.25) is 5.89 Å². The first-order valence-corrected chi connectivity index (χ1v) is 10.7. The van der Waals surface area contributed by atoms with Crippen LogP contribution in [0.4, 0.5) is 0 Å². The van der Waals surface area contributed by atoms with E-state index in [-0.39, 0.29) is 0 Å². The average molecular weight is 413 g/mol. The van der Waals surface area contributed by atoms with E-state index < -0.39 is 0 Å². The Bertz CT molecular complexity index is 1070. The Balaban J connectivity index is 1.47. The number of nitrogens with zero attached hydrogens (tertiary/aromatic N) is 4. The van der Waals surface area contributed by atoms with Crippen molar-refractivity contribution in [2.24, 2.45) is 0 Å². The van der Waals surface area contributed by atoms with Crippen LogP contribution in [-0.4, -0.2) is 26.9 Å². The fraction of sp³-hybridized carbons (Fsp3) is 0.250. The Hall–Kier alpha value is -2.58. The summed E-state index contributed by atoms with van der Waals surface area (Å²) in [5.41, 5.74) is 2.30. The van der Waals surface area contributed by atoms with Crippen LogP contribution in [-0.2, 0) is 12.2 Å². The predicted octanol–water partition coefficient (Wildman–Crippen LogP) is 5.16. The fourth-order valence-electron chi connectivity index (χ4n) is 2.85. The van der Waals surface area contributed by atoms with E-state index in [0.717, 1.165) is 27.9 Å². The lowest BCUT2D eigenvalue weighted by molar-refractivity contribution is 0.414. The van der Waals surface area contributed by atoms with Crippen molar-refractivity contribution in [2.75, 3.05) is 7.11 Å². The van der Waals surface area contributed by atoms with E-state index in [1.165, 1.54) is 10.4 Å². The molecule has 0 saturated heterocycles. The molecule has 144 valence electrons. The predicted molar refractivity (Wildman–Crippen MR) is 111 cm³/mol. The van der Waals surface area contributed by atoms with Crippen molar-refractivity contribution >= 4 is 23.1 Å². The molecule has 0 aliphatic carbocycles. The van der Waals surface area contributed by atoms with E-state index in [9.17, 15) is 0 Å². The highest BCUT2D eigenvalue weighted by atomic mass is 32.2. The molecule has 0 spiro atoms. The van der Waals surface area contributed by atoms with Crippen LogP contribution in [0.3, 0.4) is 0 Å². The van der Waals surface area contributed by atoms with Gasteiger partial charge in [-0.3, -0.25) is 4.57 Å². The summed E-state index contributed by atoms with van der Waals surface area (Å²) in [5, 5.41) is 9.28. The van der Waals surface area contributed by atoms with Gasteiger partial charge in [0.05, 0.1) is 17.7 Å². The number of methoxy groups -OCH3 is 1. The van der Waals surface area contributed by atoms with Gasteiger partial charge in [0.25, 0.3) is 5.89 Å². The summed E-state index contributed by atoms with van der Waals surface area (Å²) < 4.78 is 13.1. The van der Waals surface area contributed by atoms with Crippen molar-refractivity contribution in [3.63, 3.8) is 0 Å². The molecule has 0 amide bonds. The molecule has 0 N–H and O–H groups in total. The number of aromatic nitrogens is 4. The average Bonchev–Trinajstić information content (AvgIpc) is 3.45. The molecule has 6 nitrogen and oxygen atoms in total. The minimum Gasteiger partial charge on any atom is -0.497 e. The second kappa shape index (κ2) is 8.20. The minimum absolute atomic E-state index is 0.561. The number of imidazole rings is 1. The van der Waals surface area contributed by atoms with E-state index >= 15 is 0 Å². The topological polar surface area (TPSA) is 66.0 Å². The minimum atomic E-state index is 0.561. The Morgan fingerprint density at radius 3 is 2.75 bits per heavy atom. The van der Waals surface area contributed by atoms with Crippen molar-refractivity contribution < 1.29 is 9.15 Å². The monoisotopic (exact) mass is 412 g/mol. The van der Waals surface area contributed by atoms with Crippen molar-refractivity contribution in [2.45, 2.75) is 31.2 Å². The second-order valence-corrected chi connectivity index (χ2v) is 8.22. The summed E-state index contributed by atoms with van der Waals surface area (Å²) in [6.45, 7) is 4.27. The lowest BCUT2D eigenvalue weighted by Gasteiger charge is -2.07. The van der Waals surface area contributed by atoms with Crippen LogP contribution in [0.2, 0.25) is 0 Å². The van der Waals surface area contributed by atoms with Crippen molar-refractivity contribution in [3.8, 4) is 22.2 Å². The molecule has 1 aromatic carbocycles. The number of aryl methyl sites for hydroxylation is 2. The Morgan fingerprint density at radius 2 is 2.04 bits per heavy atom. The number of thiophene rings is 1.